The van der Waals surface area contributed by atoms with Gasteiger partial charge in [0, 0.05) is 40.8 Å². The normalized spacial score (nSPS) is 19.1. The number of nitrogens with one attached hydrogen (secondary N) is 2. The molecule has 3 aromatic carbocycles. The Labute approximate surface area is 224 Å². The fraction of sp³-hybridized carbons (Fsp3) is 0.300. The van der Waals surface area contributed by atoms with Crippen molar-refractivity contribution in [3.05, 3.63) is 89.5 Å². The molecule has 1 saturated heterocycles. The van der Waals surface area contributed by atoms with Gasteiger partial charge in [-0.25, -0.2) is 13.4 Å². The fourth-order valence-electron chi connectivity index (χ4n) is 5.36. The summed E-state index contributed by atoms with van der Waals surface area (Å²) in [4.78, 5) is 10.6. The van der Waals surface area contributed by atoms with E-state index in [-0.39, 0.29) is 5.88 Å². The summed E-state index contributed by atoms with van der Waals surface area (Å²) in [5.41, 5.74) is 5.06. The predicted octanol–water partition coefficient (Wildman–Crippen LogP) is 6.18. The minimum Gasteiger partial charge on any atom is -0.494 e. The van der Waals surface area contributed by atoms with Crippen molar-refractivity contribution in [3.63, 3.8) is 0 Å². The molecule has 0 radical (unpaired) electrons. The molecular weight excluding hydrogens is 496 g/mol. The molecule has 198 valence electrons. The van der Waals surface area contributed by atoms with Gasteiger partial charge in [0.05, 0.1) is 23.2 Å². The van der Waals surface area contributed by atoms with Crippen LogP contribution in [0, 0.1) is 0 Å². The minimum absolute atomic E-state index is 0.0243. The largest absolute Gasteiger partial charge is 0.494 e. The highest BCUT2D eigenvalue weighted by Gasteiger charge is 2.24. The topological polar surface area (TPSA) is 97.8 Å². The minimum atomic E-state index is -3.45. The number of fused-ring (bicyclic) bond motifs is 1. The second-order valence-electron chi connectivity index (χ2n) is 10.3. The summed E-state index contributed by atoms with van der Waals surface area (Å²) in [6.07, 6.45) is 4.88. The maximum absolute atomic E-state index is 11.8. The zero-order chi connectivity index (χ0) is 26.9. The zero-order valence-electron chi connectivity index (χ0n) is 22.0. The van der Waals surface area contributed by atoms with Gasteiger partial charge in [0.1, 0.15) is 0 Å². The highest BCUT2D eigenvalue weighted by molar-refractivity contribution is 7.92. The molecule has 8 heteroatoms. The van der Waals surface area contributed by atoms with E-state index < -0.39 is 10.0 Å². The molecule has 0 spiro atoms. The van der Waals surface area contributed by atoms with Gasteiger partial charge in [-0.2, -0.15) is 0 Å². The number of piperidine rings is 1. The first-order valence-corrected chi connectivity index (χ1v) is 14.9. The highest BCUT2D eigenvalue weighted by Crippen LogP contribution is 2.33. The number of aromatic amines is 1. The summed E-state index contributed by atoms with van der Waals surface area (Å²) in [7, 11) is -3.45. The van der Waals surface area contributed by atoms with Crippen LogP contribution < -0.4 is 4.72 Å². The van der Waals surface area contributed by atoms with Gasteiger partial charge < -0.3 is 10.1 Å². The second kappa shape index (κ2) is 10.6. The molecule has 1 aliphatic rings. The number of benzene rings is 3. The summed E-state index contributed by atoms with van der Waals surface area (Å²) >= 11 is 0. The zero-order valence-corrected chi connectivity index (χ0v) is 22.8. The Morgan fingerprint density at radius 1 is 1.03 bits per heavy atom. The van der Waals surface area contributed by atoms with Crippen LogP contribution in [0.5, 0.6) is 5.88 Å². The van der Waals surface area contributed by atoms with Crippen LogP contribution in [-0.2, 0) is 16.6 Å². The molecule has 1 aliphatic heterocycles. The lowest BCUT2D eigenvalue weighted by Crippen LogP contribution is -2.42. The van der Waals surface area contributed by atoms with E-state index in [0.717, 1.165) is 24.1 Å². The molecule has 4 aromatic rings. The van der Waals surface area contributed by atoms with Crippen LogP contribution in [0.2, 0.25) is 0 Å². The van der Waals surface area contributed by atoms with Crippen molar-refractivity contribution in [3.8, 4) is 5.88 Å². The number of hydrogen-bond donors (Lipinski definition) is 3. The number of aromatic nitrogens is 1. The van der Waals surface area contributed by atoms with Crippen molar-refractivity contribution in [2.45, 2.75) is 51.7 Å². The maximum atomic E-state index is 11.8. The van der Waals surface area contributed by atoms with Crippen molar-refractivity contribution in [1.82, 2.24) is 9.88 Å². The summed E-state index contributed by atoms with van der Waals surface area (Å²) in [6.45, 7) is 5.53. The molecule has 0 aliphatic carbocycles. The van der Waals surface area contributed by atoms with Crippen molar-refractivity contribution in [2.75, 3.05) is 11.0 Å². The van der Waals surface area contributed by atoms with E-state index in [1.165, 1.54) is 24.8 Å². The first-order chi connectivity index (χ1) is 18.2. The van der Waals surface area contributed by atoms with Gasteiger partial charge in [0.15, 0.2) is 5.88 Å². The van der Waals surface area contributed by atoms with Gasteiger partial charge in [0.25, 0.3) is 0 Å². The van der Waals surface area contributed by atoms with E-state index in [1.807, 2.05) is 42.5 Å². The summed E-state index contributed by atoms with van der Waals surface area (Å²) in [6, 6.07) is 24.2. The molecule has 0 saturated carbocycles. The van der Waals surface area contributed by atoms with Crippen LogP contribution in [0.4, 0.5) is 11.4 Å². The third-order valence-corrected chi connectivity index (χ3v) is 7.89. The Morgan fingerprint density at radius 3 is 2.37 bits per heavy atom. The smallest absolute Gasteiger partial charge is 0.229 e. The van der Waals surface area contributed by atoms with Crippen molar-refractivity contribution < 1.29 is 13.5 Å². The van der Waals surface area contributed by atoms with Gasteiger partial charge in [-0.3, -0.25) is 9.62 Å². The lowest BCUT2D eigenvalue weighted by molar-refractivity contribution is 0.0953. The molecule has 2 unspecified atom stereocenters. The number of H-pyrrole nitrogens is 1. The lowest BCUT2D eigenvalue weighted by Gasteiger charge is -2.39. The Morgan fingerprint density at radius 2 is 1.71 bits per heavy atom. The average molecular weight is 531 g/mol. The van der Waals surface area contributed by atoms with Gasteiger partial charge in [-0.1, -0.05) is 48.9 Å². The van der Waals surface area contributed by atoms with Crippen LogP contribution in [-0.4, -0.2) is 47.5 Å². The quantitative estimate of drug-likeness (QED) is 0.249. The number of hydrogen-bond acceptors (Lipinski definition) is 5. The molecule has 7 nitrogen and oxygen atoms in total. The second-order valence-corrected chi connectivity index (χ2v) is 12.0. The third kappa shape index (κ3) is 5.76. The number of rotatable bonds is 7. The SMILES string of the molecule is CC1CCCC(C)N1Cc1ccc(N=C(c2ccccc2)c2c(O)[nH]c3ccc(NS(C)(=O)=O)cc23)cc1. The van der Waals surface area contributed by atoms with E-state index in [0.29, 0.717) is 39.9 Å². The Kier molecular flexibility index (Phi) is 7.27. The molecular formula is C30H34N4O3S. The standard InChI is InChI=1S/C30H34N4O3S/c1-20-8-7-9-21(2)34(20)19-22-12-14-24(15-13-22)31-29(23-10-5-4-6-11-23)28-26-18-25(33-38(3,36)37)16-17-27(26)32-30(28)35/h4-6,10-18,20-21,32-33,35H,7-9,19H2,1-3H3. The van der Waals surface area contributed by atoms with E-state index in [9.17, 15) is 13.5 Å². The lowest BCUT2D eigenvalue weighted by atomic mass is 9.96. The molecule has 2 heterocycles. The molecule has 5 rings (SSSR count). The van der Waals surface area contributed by atoms with Gasteiger partial charge in [-0.05, 0) is 62.6 Å². The van der Waals surface area contributed by atoms with E-state index >= 15 is 0 Å². The molecule has 3 N–H and O–H groups in total. The van der Waals surface area contributed by atoms with Crippen LogP contribution >= 0.6 is 0 Å². The Bertz CT molecular complexity index is 1550. The number of likely N-dealkylation sites (tertiary alicyclic amines) is 1. The monoisotopic (exact) mass is 530 g/mol. The van der Waals surface area contributed by atoms with E-state index in [2.05, 4.69) is 40.6 Å². The Balaban J connectivity index is 1.54. The van der Waals surface area contributed by atoms with Crippen molar-refractivity contribution in [1.29, 1.82) is 0 Å². The van der Waals surface area contributed by atoms with Crippen LogP contribution in [0.1, 0.15) is 49.8 Å². The molecule has 1 aromatic heterocycles. The molecule has 2 atom stereocenters. The number of sulfonamides is 1. The molecule has 1 fully saturated rings. The van der Waals surface area contributed by atoms with Crippen LogP contribution in [0.3, 0.4) is 0 Å². The fourth-order valence-corrected chi connectivity index (χ4v) is 5.91. The van der Waals surface area contributed by atoms with Crippen molar-refractivity contribution >= 4 is 38.0 Å². The van der Waals surface area contributed by atoms with E-state index in [1.54, 1.807) is 18.2 Å². The summed E-state index contributed by atoms with van der Waals surface area (Å²) in [5.74, 6) is -0.0243. The summed E-state index contributed by atoms with van der Waals surface area (Å²) < 4.78 is 26.2. The Hall–Kier alpha value is -3.62. The number of nitrogens with zero attached hydrogens (tertiary/aromatic N) is 2. The highest BCUT2D eigenvalue weighted by atomic mass is 32.2. The van der Waals surface area contributed by atoms with Gasteiger partial charge in [-0.15, -0.1) is 0 Å². The summed E-state index contributed by atoms with van der Waals surface area (Å²) in [5, 5.41) is 11.6. The number of aromatic hydroxyl groups is 1. The first-order valence-electron chi connectivity index (χ1n) is 13.0. The van der Waals surface area contributed by atoms with Gasteiger partial charge >= 0.3 is 0 Å². The number of aliphatic imine (C=N–C) groups is 1. The van der Waals surface area contributed by atoms with Crippen LogP contribution in [0.15, 0.2) is 77.8 Å². The molecule has 38 heavy (non-hydrogen) atoms. The maximum Gasteiger partial charge on any atom is 0.229 e. The van der Waals surface area contributed by atoms with Crippen LogP contribution in [0.25, 0.3) is 10.9 Å². The predicted molar refractivity (Wildman–Crippen MR) is 155 cm³/mol. The first kappa shape index (κ1) is 26.0. The molecule has 0 bridgehead atoms. The average Bonchev–Trinajstić information content (AvgIpc) is 3.20. The van der Waals surface area contributed by atoms with Crippen molar-refractivity contribution in [2.24, 2.45) is 4.99 Å². The van der Waals surface area contributed by atoms with E-state index in [4.69, 9.17) is 4.99 Å². The molecule has 0 amide bonds. The van der Waals surface area contributed by atoms with Gasteiger partial charge in [0.2, 0.25) is 10.0 Å². The number of anilines is 1. The third-order valence-electron chi connectivity index (χ3n) is 7.28.